The van der Waals surface area contributed by atoms with E-state index in [4.69, 9.17) is 5.11 Å². The number of rotatable bonds is 2. The van der Waals surface area contributed by atoms with Gasteiger partial charge in [0.2, 0.25) is 0 Å². The molecule has 0 aliphatic heterocycles. The third kappa shape index (κ3) is 3.65. The van der Waals surface area contributed by atoms with Crippen LogP contribution < -0.4 is 0 Å². The van der Waals surface area contributed by atoms with E-state index in [-0.39, 0.29) is 12.2 Å². The van der Waals surface area contributed by atoms with E-state index in [1.54, 1.807) is 19.1 Å². The molecule has 0 saturated heterocycles. The lowest BCUT2D eigenvalue weighted by Gasteiger charge is -2.00. The van der Waals surface area contributed by atoms with Gasteiger partial charge in [-0.1, -0.05) is 12.0 Å². The number of hydrogen-bond acceptors (Lipinski definition) is 3. The molecule has 0 aromatic heterocycles. The van der Waals surface area contributed by atoms with E-state index >= 15 is 0 Å². The van der Waals surface area contributed by atoms with E-state index in [1.807, 2.05) is 6.92 Å². The highest BCUT2D eigenvalue weighted by molar-refractivity contribution is 5.93. The third-order valence-corrected chi connectivity index (χ3v) is 1.98. The van der Waals surface area contributed by atoms with Crippen LogP contribution in [0, 0.1) is 18.8 Å². The molecule has 0 bridgehead atoms. The van der Waals surface area contributed by atoms with E-state index < -0.39 is 11.9 Å². The summed E-state index contributed by atoms with van der Waals surface area (Å²) < 4.78 is 4.63. The molecule has 0 radical (unpaired) electrons. The van der Waals surface area contributed by atoms with Crippen LogP contribution in [0.15, 0.2) is 18.2 Å². The molecule has 0 fully saturated rings. The fraction of sp³-hybridized carbons (Fsp3) is 0.231. The number of esters is 1. The molecule has 0 unspecified atom stereocenters. The van der Waals surface area contributed by atoms with E-state index in [0.29, 0.717) is 5.56 Å². The fourth-order valence-electron chi connectivity index (χ4n) is 1.23. The lowest BCUT2D eigenvalue weighted by atomic mass is 10.1. The molecule has 1 N–H and O–H groups in total. The van der Waals surface area contributed by atoms with Crippen molar-refractivity contribution < 1.29 is 19.4 Å². The summed E-state index contributed by atoms with van der Waals surface area (Å²) in [6.07, 6.45) is 0. The van der Waals surface area contributed by atoms with Gasteiger partial charge in [0.15, 0.2) is 0 Å². The number of benzene rings is 1. The number of carboxylic acids is 1. The van der Waals surface area contributed by atoms with Crippen LogP contribution in [-0.2, 0) is 9.53 Å². The molecule has 0 saturated carbocycles. The van der Waals surface area contributed by atoms with Gasteiger partial charge in [-0.15, -0.1) is 0 Å². The van der Waals surface area contributed by atoms with Crippen molar-refractivity contribution in [2.45, 2.75) is 13.8 Å². The Hall–Kier alpha value is -2.28. The second-order valence-corrected chi connectivity index (χ2v) is 3.32. The zero-order valence-electron chi connectivity index (χ0n) is 9.61. The maximum atomic E-state index is 11.0. The second-order valence-electron chi connectivity index (χ2n) is 3.32. The lowest BCUT2D eigenvalue weighted by molar-refractivity contribution is -0.136. The summed E-state index contributed by atoms with van der Waals surface area (Å²) in [5, 5.41) is 8.94. The van der Waals surface area contributed by atoms with Crippen LogP contribution in [0.4, 0.5) is 0 Å². The molecule has 1 rings (SSSR count). The number of aromatic carboxylic acids is 1. The van der Waals surface area contributed by atoms with Crippen LogP contribution in [0.1, 0.15) is 28.4 Å². The maximum Gasteiger partial charge on any atom is 0.384 e. The lowest BCUT2D eigenvalue weighted by Crippen LogP contribution is -2.02. The van der Waals surface area contributed by atoms with Crippen molar-refractivity contribution in [2.24, 2.45) is 0 Å². The van der Waals surface area contributed by atoms with Gasteiger partial charge in [-0.2, -0.15) is 0 Å². The van der Waals surface area contributed by atoms with Crippen LogP contribution in [0.3, 0.4) is 0 Å². The molecule has 0 atom stereocenters. The summed E-state index contributed by atoms with van der Waals surface area (Å²) in [5.74, 6) is 3.03. The summed E-state index contributed by atoms with van der Waals surface area (Å²) >= 11 is 0. The number of aryl methyl sites for hydroxylation is 1. The van der Waals surface area contributed by atoms with Crippen molar-refractivity contribution in [3.05, 3.63) is 34.9 Å². The van der Waals surface area contributed by atoms with Crippen molar-refractivity contribution in [1.29, 1.82) is 0 Å². The number of carbonyl (C=O) groups is 2. The summed E-state index contributed by atoms with van der Waals surface area (Å²) in [5.41, 5.74) is 1.26. The average molecular weight is 232 g/mol. The highest BCUT2D eigenvalue weighted by Gasteiger charge is 2.08. The standard InChI is InChI=1S/C13H12O4/c1-3-17-12(14)7-5-10-8-9(2)4-6-11(10)13(15)16/h4,6,8H,3H2,1-2H3,(H,15,16). The molecular formula is C13H12O4. The molecule has 4 heteroatoms. The van der Waals surface area contributed by atoms with Gasteiger partial charge in [0.05, 0.1) is 12.2 Å². The third-order valence-electron chi connectivity index (χ3n) is 1.98. The smallest absolute Gasteiger partial charge is 0.384 e. The number of carboxylic acid groups (broad SMARTS) is 1. The first-order valence-electron chi connectivity index (χ1n) is 5.07. The first kappa shape index (κ1) is 12.8. The van der Waals surface area contributed by atoms with E-state index in [9.17, 15) is 9.59 Å². The molecule has 0 aliphatic carbocycles. The van der Waals surface area contributed by atoms with Crippen LogP contribution in [0.2, 0.25) is 0 Å². The van der Waals surface area contributed by atoms with E-state index in [2.05, 4.69) is 16.6 Å². The van der Waals surface area contributed by atoms with Gasteiger partial charge >= 0.3 is 11.9 Å². The van der Waals surface area contributed by atoms with Crippen LogP contribution in [-0.4, -0.2) is 23.7 Å². The minimum Gasteiger partial charge on any atom is -0.478 e. The first-order valence-corrected chi connectivity index (χ1v) is 5.07. The highest BCUT2D eigenvalue weighted by atomic mass is 16.5. The van der Waals surface area contributed by atoms with Gasteiger partial charge in [-0.25, -0.2) is 9.59 Å². The Morgan fingerprint density at radius 3 is 2.71 bits per heavy atom. The van der Waals surface area contributed by atoms with E-state index in [0.717, 1.165) is 5.56 Å². The summed E-state index contributed by atoms with van der Waals surface area (Å²) in [7, 11) is 0. The normalized spacial score (nSPS) is 9.06. The van der Waals surface area contributed by atoms with Crippen LogP contribution in [0.25, 0.3) is 0 Å². The molecule has 1 aromatic carbocycles. The Balaban J connectivity index is 3.08. The summed E-state index contributed by atoms with van der Waals surface area (Å²) in [4.78, 5) is 22.0. The topological polar surface area (TPSA) is 63.6 Å². The fourth-order valence-corrected chi connectivity index (χ4v) is 1.23. The highest BCUT2D eigenvalue weighted by Crippen LogP contribution is 2.10. The molecule has 17 heavy (non-hydrogen) atoms. The maximum absolute atomic E-state index is 11.0. The molecule has 0 aliphatic rings. The predicted molar refractivity (Wildman–Crippen MR) is 61.6 cm³/mol. The van der Waals surface area contributed by atoms with Gasteiger partial charge in [0.25, 0.3) is 0 Å². The summed E-state index contributed by atoms with van der Waals surface area (Å²) in [6.45, 7) is 3.74. The largest absolute Gasteiger partial charge is 0.478 e. The van der Waals surface area contributed by atoms with Gasteiger partial charge in [0, 0.05) is 11.5 Å². The van der Waals surface area contributed by atoms with Crippen molar-refractivity contribution in [3.8, 4) is 11.8 Å². The van der Waals surface area contributed by atoms with Crippen molar-refractivity contribution >= 4 is 11.9 Å². The van der Waals surface area contributed by atoms with Gasteiger partial charge in [-0.3, -0.25) is 0 Å². The number of carbonyl (C=O) groups excluding carboxylic acids is 1. The number of hydrogen-bond donors (Lipinski definition) is 1. The Morgan fingerprint density at radius 1 is 1.41 bits per heavy atom. The van der Waals surface area contributed by atoms with Crippen molar-refractivity contribution in [2.75, 3.05) is 6.61 Å². The Morgan fingerprint density at radius 2 is 2.12 bits per heavy atom. The number of ether oxygens (including phenoxy) is 1. The zero-order chi connectivity index (χ0) is 12.8. The van der Waals surface area contributed by atoms with Crippen molar-refractivity contribution in [1.82, 2.24) is 0 Å². The minimum absolute atomic E-state index is 0.0763. The molecule has 4 nitrogen and oxygen atoms in total. The SMILES string of the molecule is CCOC(=O)C#Cc1cc(C)ccc1C(=O)O. The Kier molecular flexibility index (Phi) is 4.29. The van der Waals surface area contributed by atoms with Crippen molar-refractivity contribution in [3.63, 3.8) is 0 Å². The Labute approximate surface area is 99.2 Å². The zero-order valence-corrected chi connectivity index (χ0v) is 9.61. The predicted octanol–water partition coefficient (Wildman–Crippen LogP) is 1.61. The van der Waals surface area contributed by atoms with E-state index in [1.165, 1.54) is 6.07 Å². The molecule has 88 valence electrons. The molecule has 0 amide bonds. The minimum atomic E-state index is -1.07. The molecular weight excluding hydrogens is 220 g/mol. The molecule has 0 heterocycles. The average Bonchev–Trinajstić information content (AvgIpc) is 2.26. The monoisotopic (exact) mass is 232 g/mol. The van der Waals surface area contributed by atoms with Gasteiger partial charge in [0.1, 0.15) is 0 Å². The summed E-state index contributed by atoms with van der Waals surface area (Å²) in [6, 6.07) is 4.77. The first-order chi connectivity index (χ1) is 8.04. The molecule has 1 aromatic rings. The van der Waals surface area contributed by atoms with Crippen LogP contribution >= 0.6 is 0 Å². The van der Waals surface area contributed by atoms with Gasteiger partial charge in [-0.05, 0) is 31.5 Å². The Bertz CT molecular complexity index is 506. The van der Waals surface area contributed by atoms with Gasteiger partial charge < -0.3 is 9.84 Å². The quantitative estimate of drug-likeness (QED) is 0.621. The van der Waals surface area contributed by atoms with Crippen LogP contribution in [0.5, 0.6) is 0 Å². The second kappa shape index (κ2) is 5.71. The molecule has 0 spiro atoms.